The van der Waals surface area contributed by atoms with E-state index >= 15 is 0 Å². The van der Waals surface area contributed by atoms with Crippen LogP contribution in [0, 0.1) is 18.3 Å². The Kier molecular flexibility index (Phi) is 2.64. The van der Waals surface area contributed by atoms with E-state index in [-0.39, 0.29) is 6.04 Å². The van der Waals surface area contributed by atoms with Crippen molar-refractivity contribution in [3.8, 4) is 6.07 Å². The lowest BCUT2D eigenvalue weighted by Gasteiger charge is -2.05. The van der Waals surface area contributed by atoms with E-state index in [0.29, 0.717) is 0 Å². The summed E-state index contributed by atoms with van der Waals surface area (Å²) < 4.78 is 0. The first-order valence-corrected chi connectivity index (χ1v) is 4.28. The molecule has 0 aliphatic heterocycles. The molecule has 11 heavy (non-hydrogen) atoms. The van der Waals surface area contributed by atoms with Gasteiger partial charge in [-0.05, 0) is 31.0 Å². The molecule has 0 aliphatic carbocycles. The van der Waals surface area contributed by atoms with E-state index in [1.165, 1.54) is 4.88 Å². The summed E-state index contributed by atoms with van der Waals surface area (Å²) in [6.07, 6.45) is 0. The molecule has 1 rings (SSSR count). The number of hydrogen-bond donors (Lipinski definition) is 1. The van der Waals surface area contributed by atoms with Crippen molar-refractivity contribution in [1.82, 2.24) is 5.32 Å². The molecule has 1 unspecified atom stereocenters. The van der Waals surface area contributed by atoms with E-state index in [4.69, 9.17) is 5.26 Å². The van der Waals surface area contributed by atoms with Gasteiger partial charge in [0.15, 0.2) is 0 Å². The highest BCUT2D eigenvalue weighted by atomic mass is 32.1. The van der Waals surface area contributed by atoms with E-state index in [0.717, 1.165) is 5.56 Å². The van der Waals surface area contributed by atoms with Crippen LogP contribution in [0.4, 0.5) is 0 Å². The van der Waals surface area contributed by atoms with Crippen molar-refractivity contribution in [2.45, 2.75) is 13.0 Å². The molecule has 1 aromatic rings. The molecule has 0 spiro atoms. The molecule has 0 aliphatic rings. The molecule has 1 aromatic heterocycles. The van der Waals surface area contributed by atoms with Crippen LogP contribution < -0.4 is 5.32 Å². The summed E-state index contributed by atoms with van der Waals surface area (Å²) in [6.45, 7) is 2.03. The first-order valence-electron chi connectivity index (χ1n) is 3.40. The molecular weight excluding hydrogens is 156 g/mol. The zero-order valence-corrected chi connectivity index (χ0v) is 7.40. The second-order valence-electron chi connectivity index (χ2n) is 2.28. The van der Waals surface area contributed by atoms with Gasteiger partial charge in [-0.1, -0.05) is 0 Å². The van der Waals surface area contributed by atoms with Crippen molar-refractivity contribution < 1.29 is 0 Å². The van der Waals surface area contributed by atoms with Gasteiger partial charge >= 0.3 is 0 Å². The molecule has 0 aromatic carbocycles. The molecule has 3 heteroatoms. The van der Waals surface area contributed by atoms with Gasteiger partial charge in [-0.3, -0.25) is 0 Å². The van der Waals surface area contributed by atoms with Crippen LogP contribution in [0.1, 0.15) is 16.5 Å². The average molecular weight is 166 g/mol. The second-order valence-corrected chi connectivity index (χ2v) is 3.40. The number of nitrogens with zero attached hydrogens (tertiary/aromatic N) is 1. The van der Waals surface area contributed by atoms with Crippen LogP contribution in [0.15, 0.2) is 11.4 Å². The third kappa shape index (κ3) is 1.59. The zero-order chi connectivity index (χ0) is 8.27. The molecule has 2 nitrogen and oxygen atoms in total. The third-order valence-corrected chi connectivity index (χ3v) is 2.49. The largest absolute Gasteiger partial charge is 0.301 e. The minimum Gasteiger partial charge on any atom is -0.301 e. The van der Waals surface area contributed by atoms with Gasteiger partial charge in [0.25, 0.3) is 0 Å². The van der Waals surface area contributed by atoms with Crippen molar-refractivity contribution in [2.75, 3.05) is 7.05 Å². The van der Waals surface area contributed by atoms with E-state index in [1.54, 1.807) is 18.4 Å². The Hall–Kier alpha value is -0.850. The van der Waals surface area contributed by atoms with Crippen LogP contribution >= 0.6 is 11.3 Å². The highest BCUT2D eigenvalue weighted by molar-refractivity contribution is 7.10. The molecule has 1 heterocycles. The maximum atomic E-state index is 8.71. The number of hydrogen-bond acceptors (Lipinski definition) is 3. The molecule has 1 N–H and O–H groups in total. The van der Waals surface area contributed by atoms with E-state index in [1.807, 2.05) is 18.4 Å². The van der Waals surface area contributed by atoms with Crippen molar-refractivity contribution in [1.29, 1.82) is 5.26 Å². The number of rotatable bonds is 2. The number of thiophene rings is 1. The van der Waals surface area contributed by atoms with E-state index < -0.39 is 0 Å². The van der Waals surface area contributed by atoms with Gasteiger partial charge in [-0.25, -0.2) is 0 Å². The van der Waals surface area contributed by atoms with E-state index in [9.17, 15) is 0 Å². The molecular formula is C8H10N2S. The Morgan fingerprint density at radius 1 is 1.73 bits per heavy atom. The van der Waals surface area contributed by atoms with Gasteiger partial charge in [-0.15, -0.1) is 11.3 Å². The van der Waals surface area contributed by atoms with Gasteiger partial charge in [0, 0.05) is 4.88 Å². The van der Waals surface area contributed by atoms with Crippen LogP contribution in [-0.2, 0) is 0 Å². The van der Waals surface area contributed by atoms with Gasteiger partial charge in [0.1, 0.15) is 6.04 Å². The minimum absolute atomic E-state index is 0.152. The summed E-state index contributed by atoms with van der Waals surface area (Å²) in [5, 5.41) is 13.7. The highest BCUT2D eigenvalue weighted by Gasteiger charge is 2.10. The molecule has 0 amide bonds. The highest BCUT2D eigenvalue weighted by Crippen LogP contribution is 2.21. The molecule has 0 saturated carbocycles. The monoisotopic (exact) mass is 166 g/mol. The quantitative estimate of drug-likeness (QED) is 0.727. The summed E-state index contributed by atoms with van der Waals surface area (Å²) in [5.74, 6) is 0. The Labute approximate surface area is 70.5 Å². The SMILES string of the molecule is CNC(C#N)c1ccsc1C. The van der Waals surface area contributed by atoms with Gasteiger partial charge in [0.2, 0.25) is 0 Å². The van der Waals surface area contributed by atoms with Crippen LogP contribution in [-0.4, -0.2) is 7.05 Å². The van der Waals surface area contributed by atoms with Gasteiger partial charge < -0.3 is 5.32 Å². The second kappa shape index (κ2) is 3.51. The summed E-state index contributed by atoms with van der Waals surface area (Å²) >= 11 is 1.67. The predicted octanol–water partition coefficient (Wildman–Crippen LogP) is 1.84. The van der Waals surface area contributed by atoms with Gasteiger partial charge in [0.05, 0.1) is 6.07 Å². The first kappa shape index (κ1) is 8.25. The Bertz CT molecular complexity index is 272. The third-order valence-electron chi connectivity index (χ3n) is 1.63. The number of aryl methyl sites for hydroxylation is 1. The first-order chi connectivity index (χ1) is 5.29. The lowest BCUT2D eigenvalue weighted by Crippen LogP contribution is -2.13. The van der Waals surface area contributed by atoms with Gasteiger partial charge in [-0.2, -0.15) is 5.26 Å². The molecule has 0 saturated heterocycles. The maximum Gasteiger partial charge on any atom is 0.122 e. The fourth-order valence-corrected chi connectivity index (χ4v) is 1.72. The number of nitriles is 1. The zero-order valence-electron chi connectivity index (χ0n) is 6.59. The Balaban J connectivity index is 2.92. The number of nitrogens with one attached hydrogen (secondary N) is 1. The average Bonchev–Trinajstić information content (AvgIpc) is 2.40. The van der Waals surface area contributed by atoms with Crippen molar-refractivity contribution in [3.63, 3.8) is 0 Å². The summed E-state index contributed by atoms with van der Waals surface area (Å²) in [5.41, 5.74) is 1.10. The van der Waals surface area contributed by atoms with Crippen molar-refractivity contribution >= 4 is 11.3 Å². The smallest absolute Gasteiger partial charge is 0.122 e. The van der Waals surface area contributed by atoms with Crippen molar-refractivity contribution in [2.24, 2.45) is 0 Å². The fraction of sp³-hybridized carbons (Fsp3) is 0.375. The maximum absolute atomic E-state index is 8.71. The molecule has 1 atom stereocenters. The molecule has 0 fully saturated rings. The van der Waals surface area contributed by atoms with Crippen LogP contribution in [0.2, 0.25) is 0 Å². The topological polar surface area (TPSA) is 35.8 Å². The predicted molar refractivity (Wildman–Crippen MR) is 46.5 cm³/mol. The molecule has 0 bridgehead atoms. The Morgan fingerprint density at radius 2 is 2.45 bits per heavy atom. The van der Waals surface area contributed by atoms with E-state index in [2.05, 4.69) is 11.4 Å². The molecule has 58 valence electrons. The van der Waals surface area contributed by atoms with Crippen LogP contribution in [0.5, 0.6) is 0 Å². The Morgan fingerprint density at radius 3 is 2.82 bits per heavy atom. The van der Waals surface area contributed by atoms with Crippen molar-refractivity contribution in [3.05, 3.63) is 21.9 Å². The normalized spacial score (nSPS) is 12.5. The van der Waals surface area contributed by atoms with Crippen LogP contribution in [0.3, 0.4) is 0 Å². The van der Waals surface area contributed by atoms with Crippen LogP contribution in [0.25, 0.3) is 0 Å². The summed E-state index contributed by atoms with van der Waals surface area (Å²) in [6, 6.07) is 4.03. The fourth-order valence-electron chi connectivity index (χ4n) is 0.984. The summed E-state index contributed by atoms with van der Waals surface area (Å²) in [7, 11) is 1.80. The minimum atomic E-state index is -0.152. The summed E-state index contributed by atoms with van der Waals surface area (Å²) in [4.78, 5) is 1.21. The molecule has 0 radical (unpaired) electrons. The lowest BCUT2D eigenvalue weighted by atomic mass is 10.1. The standard InChI is InChI=1S/C8H10N2S/c1-6-7(3-4-11-6)8(5-9)10-2/h3-4,8,10H,1-2H3. The lowest BCUT2D eigenvalue weighted by molar-refractivity contribution is 0.726.